The van der Waals surface area contributed by atoms with Gasteiger partial charge in [0.25, 0.3) is 0 Å². The van der Waals surface area contributed by atoms with Crippen LogP contribution in [0, 0.1) is 5.82 Å². The van der Waals surface area contributed by atoms with E-state index in [0.717, 1.165) is 18.4 Å². The Morgan fingerprint density at radius 1 is 1.38 bits per heavy atom. The lowest BCUT2D eigenvalue weighted by atomic mass is 10.2. The van der Waals surface area contributed by atoms with Gasteiger partial charge >= 0.3 is 5.97 Å². The monoisotopic (exact) mass is 297 g/mol. The van der Waals surface area contributed by atoms with E-state index in [1.165, 1.54) is 12.1 Å². The first-order valence-corrected chi connectivity index (χ1v) is 7.33. The van der Waals surface area contributed by atoms with Gasteiger partial charge in [0.15, 0.2) is 18.2 Å². The smallest absolute Gasteiger partial charge is 0.344 e. The molecule has 4 nitrogen and oxygen atoms in total. The Morgan fingerprint density at radius 3 is 2.76 bits per heavy atom. The summed E-state index contributed by atoms with van der Waals surface area (Å²) >= 11 is 0. The Balaban J connectivity index is 2.43. The van der Waals surface area contributed by atoms with Crippen LogP contribution in [-0.2, 0) is 16.1 Å². The lowest BCUT2D eigenvalue weighted by Crippen LogP contribution is -2.21. The van der Waals surface area contributed by atoms with Gasteiger partial charge in [0.1, 0.15) is 0 Å². The fourth-order valence-corrected chi connectivity index (χ4v) is 1.60. The van der Waals surface area contributed by atoms with Crippen molar-refractivity contribution < 1.29 is 18.7 Å². The highest BCUT2D eigenvalue weighted by molar-refractivity contribution is 5.71. The van der Waals surface area contributed by atoms with Crippen molar-refractivity contribution in [2.75, 3.05) is 13.2 Å². The minimum Gasteiger partial charge on any atom is -0.479 e. The lowest BCUT2D eigenvalue weighted by Gasteiger charge is -2.10. The summed E-state index contributed by atoms with van der Waals surface area (Å²) in [7, 11) is 0. The molecule has 0 amide bonds. The number of nitrogens with one attached hydrogen (secondary N) is 1. The van der Waals surface area contributed by atoms with Crippen LogP contribution in [0.15, 0.2) is 18.2 Å². The van der Waals surface area contributed by atoms with Gasteiger partial charge in [0, 0.05) is 12.6 Å². The van der Waals surface area contributed by atoms with E-state index in [0.29, 0.717) is 19.2 Å². The van der Waals surface area contributed by atoms with Crippen LogP contribution in [0.25, 0.3) is 0 Å². The number of carbonyl (C=O) groups excluding carboxylic acids is 1. The molecule has 0 radical (unpaired) electrons. The predicted octanol–water partition coefficient (Wildman–Crippen LogP) is 3.05. The fraction of sp³-hybridized carbons (Fsp3) is 0.562. The Hall–Kier alpha value is -1.62. The standard InChI is InChI=1S/C16H24FNO3/c1-4-5-8-20-16(19)11-21-15-7-6-13(9-14(15)17)10-18-12(2)3/h6-7,9,12,18H,4-5,8,10-11H2,1-3H3. The SMILES string of the molecule is CCCCOC(=O)COc1ccc(CNC(C)C)cc1F. The van der Waals surface area contributed by atoms with Crippen LogP contribution in [-0.4, -0.2) is 25.2 Å². The maximum absolute atomic E-state index is 13.8. The van der Waals surface area contributed by atoms with Crippen molar-refractivity contribution >= 4 is 5.97 Å². The maximum atomic E-state index is 13.8. The summed E-state index contributed by atoms with van der Waals surface area (Å²) in [5, 5.41) is 3.21. The topological polar surface area (TPSA) is 47.6 Å². The van der Waals surface area contributed by atoms with E-state index in [1.54, 1.807) is 6.07 Å². The second-order valence-electron chi connectivity index (χ2n) is 5.16. The van der Waals surface area contributed by atoms with E-state index in [-0.39, 0.29) is 12.4 Å². The molecule has 0 heterocycles. The van der Waals surface area contributed by atoms with Crippen LogP contribution in [0.3, 0.4) is 0 Å². The summed E-state index contributed by atoms with van der Waals surface area (Å²) in [6.45, 7) is 6.75. The van der Waals surface area contributed by atoms with Crippen molar-refractivity contribution in [2.45, 2.75) is 46.2 Å². The minimum atomic E-state index is -0.478. The van der Waals surface area contributed by atoms with Crippen molar-refractivity contribution in [3.8, 4) is 5.75 Å². The largest absolute Gasteiger partial charge is 0.479 e. The first-order valence-electron chi connectivity index (χ1n) is 7.33. The van der Waals surface area contributed by atoms with Gasteiger partial charge in [-0.25, -0.2) is 9.18 Å². The van der Waals surface area contributed by atoms with E-state index in [4.69, 9.17) is 9.47 Å². The normalized spacial score (nSPS) is 10.7. The maximum Gasteiger partial charge on any atom is 0.344 e. The van der Waals surface area contributed by atoms with Crippen LogP contribution in [0.4, 0.5) is 4.39 Å². The molecule has 21 heavy (non-hydrogen) atoms. The minimum absolute atomic E-state index is 0.0655. The number of rotatable bonds is 9. The van der Waals surface area contributed by atoms with Gasteiger partial charge in [0.05, 0.1) is 6.61 Å². The van der Waals surface area contributed by atoms with Crippen molar-refractivity contribution in [3.05, 3.63) is 29.6 Å². The summed E-state index contributed by atoms with van der Waals surface area (Å²) in [5.41, 5.74) is 0.832. The Kier molecular flexibility index (Phi) is 7.75. The van der Waals surface area contributed by atoms with Gasteiger partial charge in [-0.1, -0.05) is 33.3 Å². The third kappa shape index (κ3) is 7.09. The number of ether oxygens (including phenoxy) is 2. The fourth-order valence-electron chi connectivity index (χ4n) is 1.60. The molecule has 0 saturated heterocycles. The first-order chi connectivity index (χ1) is 10.0. The number of benzene rings is 1. The van der Waals surface area contributed by atoms with Gasteiger partial charge < -0.3 is 14.8 Å². The van der Waals surface area contributed by atoms with Crippen molar-refractivity contribution in [3.63, 3.8) is 0 Å². The number of unbranched alkanes of at least 4 members (excludes halogenated alkanes) is 1. The van der Waals surface area contributed by atoms with E-state index in [9.17, 15) is 9.18 Å². The zero-order valence-corrected chi connectivity index (χ0v) is 12.9. The second kappa shape index (κ2) is 9.34. The molecular formula is C16H24FNO3. The van der Waals surface area contributed by atoms with Gasteiger partial charge in [-0.05, 0) is 24.1 Å². The summed E-state index contributed by atoms with van der Waals surface area (Å²) in [6, 6.07) is 5.05. The molecule has 0 bridgehead atoms. The number of halogens is 1. The molecule has 1 rings (SSSR count). The second-order valence-corrected chi connectivity index (χ2v) is 5.16. The zero-order chi connectivity index (χ0) is 15.7. The number of carbonyl (C=O) groups is 1. The van der Waals surface area contributed by atoms with Crippen LogP contribution in [0.1, 0.15) is 39.2 Å². The molecular weight excluding hydrogens is 273 g/mol. The van der Waals surface area contributed by atoms with Gasteiger partial charge in [0.2, 0.25) is 0 Å². The highest BCUT2D eigenvalue weighted by Crippen LogP contribution is 2.18. The third-order valence-corrected chi connectivity index (χ3v) is 2.82. The third-order valence-electron chi connectivity index (χ3n) is 2.82. The lowest BCUT2D eigenvalue weighted by molar-refractivity contribution is -0.146. The Labute approximate surface area is 125 Å². The predicted molar refractivity (Wildman–Crippen MR) is 79.7 cm³/mol. The van der Waals surface area contributed by atoms with Crippen molar-refractivity contribution in [1.29, 1.82) is 0 Å². The van der Waals surface area contributed by atoms with Crippen molar-refractivity contribution in [2.24, 2.45) is 0 Å². The molecule has 5 heteroatoms. The molecule has 0 aliphatic carbocycles. The average molecular weight is 297 g/mol. The first kappa shape index (κ1) is 17.4. The Bertz CT molecular complexity index is 449. The molecule has 0 saturated carbocycles. The molecule has 0 aromatic heterocycles. The van der Waals surface area contributed by atoms with E-state index >= 15 is 0 Å². The summed E-state index contributed by atoms with van der Waals surface area (Å²) in [4.78, 5) is 11.4. The van der Waals surface area contributed by atoms with E-state index in [2.05, 4.69) is 5.32 Å². The van der Waals surface area contributed by atoms with Crippen LogP contribution < -0.4 is 10.1 Å². The summed E-state index contributed by atoms with van der Waals surface area (Å²) in [5.74, 6) is -0.886. The summed E-state index contributed by atoms with van der Waals surface area (Å²) < 4.78 is 23.9. The number of hydrogen-bond acceptors (Lipinski definition) is 4. The molecule has 0 fully saturated rings. The molecule has 0 aliphatic heterocycles. The van der Waals surface area contributed by atoms with Crippen LogP contribution in [0.5, 0.6) is 5.75 Å². The van der Waals surface area contributed by atoms with E-state index in [1.807, 2.05) is 20.8 Å². The highest BCUT2D eigenvalue weighted by Gasteiger charge is 2.09. The molecule has 1 aromatic rings. The van der Waals surface area contributed by atoms with Crippen molar-refractivity contribution in [1.82, 2.24) is 5.32 Å². The summed E-state index contributed by atoms with van der Waals surface area (Å²) in [6.07, 6.45) is 1.77. The molecule has 1 N–H and O–H groups in total. The number of hydrogen-bond donors (Lipinski definition) is 1. The number of esters is 1. The zero-order valence-electron chi connectivity index (χ0n) is 12.9. The molecule has 0 unspecified atom stereocenters. The van der Waals surface area contributed by atoms with Crippen LogP contribution >= 0.6 is 0 Å². The highest BCUT2D eigenvalue weighted by atomic mass is 19.1. The van der Waals surface area contributed by atoms with Gasteiger partial charge in [-0.15, -0.1) is 0 Å². The molecule has 1 aromatic carbocycles. The quantitative estimate of drug-likeness (QED) is 0.562. The molecule has 0 aliphatic rings. The molecule has 0 atom stereocenters. The van der Waals surface area contributed by atoms with E-state index < -0.39 is 11.8 Å². The average Bonchev–Trinajstić information content (AvgIpc) is 2.44. The van der Waals surface area contributed by atoms with Gasteiger partial charge in [-0.2, -0.15) is 0 Å². The molecule has 118 valence electrons. The van der Waals surface area contributed by atoms with Gasteiger partial charge in [-0.3, -0.25) is 0 Å². The Morgan fingerprint density at radius 2 is 2.14 bits per heavy atom. The van der Waals surface area contributed by atoms with Crippen LogP contribution in [0.2, 0.25) is 0 Å². The molecule has 0 spiro atoms.